The number of halogens is 1. The van der Waals surface area contributed by atoms with Crippen molar-refractivity contribution in [2.75, 3.05) is 37.7 Å². The van der Waals surface area contributed by atoms with E-state index in [0.29, 0.717) is 17.3 Å². The number of thiophene rings is 1. The number of imidazole rings is 1. The SMILES string of the molecule is Cl.O=c1[nH]cnc2c(-c3ccc4c(c3)ncn4C3CCCCC3)sc(N3CC4CNCC4(CO)C3)c12. The molecule has 2 aliphatic heterocycles. The smallest absolute Gasteiger partial charge is 0.261 e. The number of H-pyrrole nitrogens is 1. The minimum absolute atomic E-state index is 0. The van der Waals surface area contributed by atoms with Gasteiger partial charge in [-0.05, 0) is 36.5 Å². The zero-order valence-electron chi connectivity index (χ0n) is 20.1. The van der Waals surface area contributed by atoms with Gasteiger partial charge in [-0.25, -0.2) is 9.97 Å². The van der Waals surface area contributed by atoms with E-state index in [1.807, 2.05) is 6.33 Å². The summed E-state index contributed by atoms with van der Waals surface area (Å²) in [6, 6.07) is 7.01. The maximum atomic E-state index is 13.0. The molecule has 0 bridgehead atoms. The first-order valence-electron chi connectivity index (χ1n) is 12.7. The third kappa shape index (κ3) is 3.59. The summed E-state index contributed by atoms with van der Waals surface area (Å²) < 4.78 is 2.35. The number of nitrogens with zero attached hydrogens (tertiary/aromatic N) is 4. The van der Waals surface area contributed by atoms with Gasteiger partial charge >= 0.3 is 0 Å². The van der Waals surface area contributed by atoms with Gasteiger partial charge in [0.15, 0.2) is 0 Å². The Hall–Kier alpha value is -2.46. The minimum atomic E-state index is -0.143. The van der Waals surface area contributed by atoms with Gasteiger partial charge < -0.3 is 24.9 Å². The molecule has 2 atom stereocenters. The molecule has 4 aromatic rings. The van der Waals surface area contributed by atoms with Crippen molar-refractivity contribution in [2.24, 2.45) is 11.3 Å². The molecule has 8 nitrogen and oxygen atoms in total. The molecule has 3 aromatic heterocycles. The van der Waals surface area contributed by atoms with Gasteiger partial charge in [0.05, 0.1) is 40.7 Å². The fraction of sp³-hybridized carbons (Fsp3) is 0.500. The first-order chi connectivity index (χ1) is 17.2. The fourth-order valence-corrected chi connectivity index (χ4v) is 7.86. The average molecular weight is 527 g/mol. The second-order valence-corrected chi connectivity index (χ2v) is 11.6. The van der Waals surface area contributed by atoms with Crippen molar-refractivity contribution in [3.8, 4) is 10.4 Å². The molecule has 36 heavy (non-hydrogen) atoms. The number of hydrogen-bond acceptors (Lipinski definition) is 7. The molecule has 1 aliphatic carbocycles. The third-order valence-electron chi connectivity index (χ3n) is 8.57. The lowest BCUT2D eigenvalue weighted by atomic mass is 9.82. The van der Waals surface area contributed by atoms with Crippen molar-refractivity contribution in [2.45, 2.75) is 38.1 Å². The number of fused-ring (bicyclic) bond motifs is 3. The van der Waals surface area contributed by atoms with E-state index in [1.165, 1.54) is 43.9 Å². The average Bonchev–Trinajstić information content (AvgIpc) is 3.64. The van der Waals surface area contributed by atoms with E-state index in [4.69, 9.17) is 4.98 Å². The normalized spacial score (nSPS) is 24.5. The molecule has 0 spiro atoms. The Kier molecular flexibility index (Phi) is 6.06. The number of anilines is 1. The quantitative estimate of drug-likeness (QED) is 0.372. The predicted molar refractivity (Wildman–Crippen MR) is 146 cm³/mol. The van der Waals surface area contributed by atoms with Crippen LogP contribution in [0.25, 0.3) is 32.4 Å². The van der Waals surface area contributed by atoms with Gasteiger partial charge in [0.1, 0.15) is 10.4 Å². The highest BCUT2D eigenvalue weighted by Crippen LogP contribution is 2.47. The monoisotopic (exact) mass is 526 g/mol. The van der Waals surface area contributed by atoms with Crippen molar-refractivity contribution < 1.29 is 5.11 Å². The van der Waals surface area contributed by atoms with Crippen LogP contribution in [0.15, 0.2) is 35.6 Å². The molecule has 3 N–H and O–H groups in total. The third-order valence-corrected chi connectivity index (χ3v) is 9.86. The number of aliphatic hydroxyl groups excluding tert-OH is 1. The Labute approximate surface area is 219 Å². The number of aromatic amines is 1. The molecule has 3 aliphatic rings. The van der Waals surface area contributed by atoms with Crippen LogP contribution < -0.4 is 15.8 Å². The number of hydrogen-bond donors (Lipinski definition) is 3. The first-order valence-corrected chi connectivity index (χ1v) is 13.5. The largest absolute Gasteiger partial charge is 0.396 e. The number of aromatic nitrogens is 4. The van der Waals surface area contributed by atoms with Crippen LogP contribution in [0.3, 0.4) is 0 Å². The van der Waals surface area contributed by atoms with Crippen LogP contribution in [-0.4, -0.2) is 57.4 Å². The molecular formula is C26H31ClN6O2S. The summed E-state index contributed by atoms with van der Waals surface area (Å²) in [6.45, 7) is 3.46. The van der Waals surface area contributed by atoms with E-state index in [2.05, 4.69) is 43.0 Å². The van der Waals surface area contributed by atoms with E-state index in [-0.39, 0.29) is 30.0 Å². The van der Waals surface area contributed by atoms with E-state index in [9.17, 15) is 9.90 Å². The Morgan fingerprint density at radius 1 is 1.19 bits per heavy atom. The van der Waals surface area contributed by atoms with Crippen LogP contribution in [0.4, 0.5) is 5.00 Å². The number of nitrogens with one attached hydrogen (secondary N) is 2. The maximum absolute atomic E-state index is 13.0. The number of aliphatic hydroxyl groups is 1. The Bertz CT molecular complexity index is 1470. The van der Waals surface area contributed by atoms with Gasteiger partial charge in [-0.2, -0.15) is 0 Å². The van der Waals surface area contributed by atoms with Gasteiger partial charge in [0, 0.05) is 37.6 Å². The number of rotatable bonds is 4. The van der Waals surface area contributed by atoms with Gasteiger partial charge in [0.2, 0.25) is 0 Å². The Morgan fingerprint density at radius 3 is 2.86 bits per heavy atom. The Morgan fingerprint density at radius 2 is 2.06 bits per heavy atom. The molecule has 0 amide bonds. The van der Waals surface area contributed by atoms with Crippen LogP contribution in [0.1, 0.15) is 38.1 Å². The highest BCUT2D eigenvalue weighted by atomic mass is 35.5. The zero-order chi connectivity index (χ0) is 23.6. The van der Waals surface area contributed by atoms with Crippen LogP contribution in [-0.2, 0) is 0 Å². The van der Waals surface area contributed by atoms with Crippen LogP contribution in [0, 0.1) is 11.3 Å². The molecule has 2 saturated heterocycles. The van der Waals surface area contributed by atoms with E-state index in [1.54, 1.807) is 11.3 Å². The molecule has 7 rings (SSSR count). The van der Waals surface area contributed by atoms with Crippen molar-refractivity contribution in [1.29, 1.82) is 0 Å². The van der Waals surface area contributed by atoms with Gasteiger partial charge in [-0.3, -0.25) is 4.79 Å². The topological polar surface area (TPSA) is 99.1 Å². The standard InChI is InChI=1S/C26H30N6O2S.ClH/c33-13-26-11-27-9-17(26)10-31(12-26)25-21-22(28-14-29-24(21)34)23(35-25)16-6-7-20-19(8-16)30-15-32(20)18-4-2-1-3-5-18;/h6-8,14-15,17-18,27,33H,1-5,9-13H2,(H,28,29,34);1H. The van der Waals surface area contributed by atoms with Crippen molar-refractivity contribution in [3.05, 3.63) is 41.2 Å². The molecule has 0 radical (unpaired) electrons. The summed E-state index contributed by atoms with van der Waals surface area (Å²) in [6.07, 6.45) is 9.85. The lowest BCUT2D eigenvalue weighted by molar-refractivity contribution is 0.135. The van der Waals surface area contributed by atoms with Crippen LogP contribution in [0.2, 0.25) is 0 Å². The summed E-state index contributed by atoms with van der Waals surface area (Å²) >= 11 is 1.64. The van der Waals surface area contributed by atoms with Crippen molar-refractivity contribution >= 4 is 50.7 Å². The Balaban J connectivity index is 0.00000240. The van der Waals surface area contributed by atoms with Crippen molar-refractivity contribution in [1.82, 2.24) is 24.8 Å². The molecule has 190 valence electrons. The summed E-state index contributed by atoms with van der Waals surface area (Å²) in [5.74, 6) is 0.379. The first kappa shape index (κ1) is 23.9. The number of benzene rings is 1. The molecular weight excluding hydrogens is 496 g/mol. The molecule has 1 aromatic carbocycles. The second kappa shape index (κ2) is 9.13. The van der Waals surface area contributed by atoms with Crippen LogP contribution >= 0.6 is 23.7 Å². The molecule has 10 heteroatoms. The maximum Gasteiger partial charge on any atom is 0.261 e. The summed E-state index contributed by atoms with van der Waals surface area (Å²) in [7, 11) is 0. The highest BCUT2D eigenvalue weighted by Gasteiger charge is 2.50. The zero-order valence-corrected chi connectivity index (χ0v) is 21.7. The fourth-order valence-electron chi connectivity index (χ4n) is 6.61. The molecule has 5 heterocycles. The van der Waals surface area contributed by atoms with Crippen molar-refractivity contribution in [3.63, 3.8) is 0 Å². The molecule has 1 saturated carbocycles. The van der Waals surface area contributed by atoms with E-state index < -0.39 is 0 Å². The lowest BCUT2D eigenvalue weighted by Crippen LogP contribution is -2.36. The van der Waals surface area contributed by atoms with E-state index in [0.717, 1.165) is 52.7 Å². The predicted octanol–water partition coefficient (Wildman–Crippen LogP) is 3.95. The lowest BCUT2D eigenvalue weighted by Gasteiger charge is -2.25. The second-order valence-electron chi connectivity index (χ2n) is 10.6. The van der Waals surface area contributed by atoms with E-state index >= 15 is 0 Å². The van der Waals surface area contributed by atoms with Gasteiger partial charge in [-0.15, -0.1) is 23.7 Å². The minimum Gasteiger partial charge on any atom is -0.396 e. The summed E-state index contributed by atoms with van der Waals surface area (Å²) in [5, 5.41) is 15.2. The molecule has 3 fully saturated rings. The summed E-state index contributed by atoms with van der Waals surface area (Å²) in [4.78, 5) is 28.5. The molecule has 2 unspecified atom stereocenters. The summed E-state index contributed by atoms with van der Waals surface area (Å²) in [5.41, 5.74) is 3.70. The highest BCUT2D eigenvalue weighted by molar-refractivity contribution is 7.21. The van der Waals surface area contributed by atoms with Gasteiger partial charge in [0.25, 0.3) is 5.56 Å². The van der Waals surface area contributed by atoms with Gasteiger partial charge in [-0.1, -0.05) is 25.3 Å². The van der Waals surface area contributed by atoms with Crippen LogP contribution in [0.5, 0.6) is 0 Å².